The van der Waals surface area contributed by atoms with Gasteiger partial charge in [0.2, 0.25) is 0 Å². The highest BCUT2D eigenvalue weighted by Gasteiger charge is 2.28. The van der Waals surface area contributed by atoms with Crippen LogP contribution in [0.25, 0.3) is 0 Å². The standard InChI is InChI=1S/C10H10BrClF3N/c11-7-3-1-2-6(9(7)12)8(16)4-5-10(13,14)15/h1-3,8H,4-5,16H2. The fourth-order valence-corrected chi connectivity index (χ4v) is 1.93. The Bertz CT molecular complexity index is 368. The monoisotopic (exact) mass is 315 g/mol. The van der Waals surface area contributed by atoms with Crippen LogP contribution in [0.15, 0.2) is 22.7 Å². The van der Waals surface area contributed by atoms with E-state index in [2.05, 4.69) is 15.9 Å². The first kappa shape index (κ1) is 13.8. The van der Waals surface area contributed by atoms with E-state index in [1.165, 1.54) is 0 Å². The van der Waals surface area contributed by atoms with E-state index in [1.54, 1.807) is 18.2 Å². The van der Waals surface area contributed by atoms with Gasteiger partial charge in [0.05, 0.1) is 5.02 Å². The zero-order valence-corrected chi connectivity index (χ0v) is 10.5. The summed E-state index contributed by atoms with van der Waals surface area (Å²) in [7, 11) is 0. The molecule has 1 rings (SSSR count). The average Bonchev–Trinajstić information content (AvgIpc) is 2.17. The zero-order valence-electron chi connectivity index (χ0n) is 8.19. The maximum Gasteiger partial charge on any atom is 0.389 e. The van der Waals surface area contributed by atoms with Gasteiger partial charge >= 0.3 is 6.18 Å². The van der Waals surface area contributed by atoms with Crippen LogP contribution in [0.3, 0.4) is 0 Å². The van der Waals surface area contributed by atoms with Crippen molar-refractivity contribution in [1.82, 2.24) is 0 Å². The van der Waals surface area contributed by atoms with Gasteiger partial charge in [-0.2, -0.15) is 13.2 Å². The van der Waals surface area contributed by atoms with Crippen molar-refractivity contribution in [3.8, 4) is 0 Å². The Morgan fingerprint density at radius 3 is 2.56 bits per heavy atom. The summed E-state index contributed by atoms with van der Waals surface area (Å²) in [5, 5.41) is 0.372. The van der Waals surface area contributed by atoms with Gasteiger partial charge in [-0.25, -0.2) is 0 Å². The van der Waals surface area contributed by atoms with E-state index in [1.807, 2.05) is 0 Å². The van der Waals surface area contributed by atoms with Crippen molar-refractivity contribution >= 4 is 27.5 Å². The highest BCUT2D eigenvalue weighted by molar-refractivity contribution is 9.10. The second-order valence-electron chi connectivity index (χ2n) is 3.40. The van der Waals surface area contributed by atoms with Crippen LogP contribution in [0.4, 0.5) is 13.2 Å². The van der Waals surface area contributed by atoms with Crippen molar-refractivity contribution in [3.63, 3.8) is 0 Å². The lowest BCUT2D eigenvalue weighted by Gasteiger charge is -2.15. The van der Waals surface area contributed by atoms with Crippen LogP contribution in [0.5, 0.6) is 0 Å². The van der Waals surface area contributed by atoms with E-state index in [0.717, 1.165) is 0 Å². The van der Waals surface area contributed by atoms with Gasteiger partial charge < -0.3 is 5.73 Å². The molecule has 1 unspecified atom stereocenters. The van der Waals surface area contributed by atoms with Crippen LogP contribution in [0.2, 0.25) is 5.02 Å². The summed E-state index contributed by atoms with van der Waals surface area (Å²) in [6.07, 6.45) is -5.26. The first-order valence-electron chi connectivity index (χ1n) is 4.57. The number of hydrogen-bond acceptors (Lipinski definition) is 1. The van der Waals surface area contributed by atoms with Crippen molar-refractivity contribution in [1.29, 1.82) is 0 Å². The molecule has 0 saturated carbocycles. The molecule has 0 aromatic heterocycles. The number of nitrogens with two attached hydrogens (primary N) is 1. The molecule has 0 bridgehead atoms. The highest BCUT2D eigenvalue weighted by atomic mass is 79.9. The lowest BCUT2D eigenvalue weighted by molar-refractivity contribution is -0.136. The minimum Gasteiger partial charge on any atom is -0.324 e. The SMILES string of the molecule is NC(CCC(F)(F)F)c1cccc(Br)c1Cl. The molecule has 1 aromatic carbocycles. The van der Waals surface area contributed by atoms with Gasteiger partial charge in [0.25, 0.3) is 0 Å². The van der Waals surface area contributed by atoms with Crippen LogP contribution in [-0.2, 0) is 0 Å². The molecule has 0 fully saturated rings. The molecule has 0 aliphatic rings. The Morgan fingerprint density at radius 2 is 2.00 bits per heavy atom. The van der Waals surface area contributed by atoms with Crippen molar-refractivity contribution in [2.45, 2.75) is 25.1 Å². The van der Waals surface area contributed by atoms with Crippen LogP contribution >= 0.6 is 27.5 Å². The maximum atomic E-state index is 12.0. The van der Waals surface area contributed by atoms with Gasteiger partial charge in [0, 0.05) is 16.9 Å². The quantitative estimate of drug-likeness (QED) is 0.876. The van der Waals surface area contributed by atoms with E-state index in [4.69, 9.17) is 17.3 Å². The van der Waals surface area contributed by atoms with Crippen LogP contribution in [-0.4, -0.2) is 6.18 Å². The number of hydrogen-bond donors (Lipinski definition) is 1. The van der Waals surface area contributed by atoms with Crippen molar-refractivity contribution in [2.24, 2.45) is 5.73 Å². The molecule has 0 amide bonds. The van der Waals surface area contributed by atoms with E-state index in [0.29, 0.717) is 15.1 Å². The van der Waals surface area contributed by atoms with Gasteiger partial charge in [0.15, 0.2) is 0 Å². The van der Waals surface area contributed by atoms with E-state index in [9.17, 15) is 13.2 Å². The topological polar surface area (TPSA) is 26.0 Å². The van der Waals surface area contributed by atoms with Crippen LogP contribution < -0.4 is 5.73 Å². The molecule has 0 radical (unpaired) electrons. The number of halogens is 5. The lowest BCUT2D eigenvalue weighted by Crippen LogP contribution is -2.16. The first-order chi connectivity index (χ1) is 7.31. The molecule has 6 heteroatoms. The third-order valence-corrected chi connectivity index (χ3v) is 3.43. The van der Waals surface area contributed by atoms with Gasteiger partial charge in [-0.15, -0.1) is 0 Å². The van der Waals surface area contributed by atoms with Gasteiger partial charge in [-0.3, -0.25) is 0 Å². The molecule has 0 spiro atoms. The zero-order chi connectivity index (χ0) is 12.3. The maximum absolute atomic E-state index is 12.0. The molecular weight excluding hydrogens is 306 g/mol. The normalized spacial score (nSPS) is 13.9. The highest BCUT2D eigenvalue weighted by Crippen LogP contribution is 2.33. The number of rotatable bonds is 3. The predicted molar refractivity (Wildman–Crippen MR) is 61.4 cm³/mol. The molecule has 90 valence electrons. The minimum atomic E-state index is -4.18. The van der Waals surface area contributed by atoms with E-state index < -0.39 is 18.6 Å². The molecule has 1 aromatic rings. The summed E-state index contributed by atoms with van der Waals surface area (Å²) in [5.41, 5.74) is 6.19. The largest absolute Gasteiger partial charge is 0.389 e. The third-order valence-electron chi connectivity index (χ3n) is 2.12. The number of alkyl halides is 3. The Hall–Kier alpha value is -0.260. The van der Waals surface area contributed by atoms with E-state index in [-0.39, 0.29) is 6.42 Å². The second-order valence-corrected chi connectivity index (χ2v) is 4.64. The van der Waals surface area contributed by atoms with Crippen LogP contribution in [0, 0.1) is 0 Å². The summed E-state index contributed by atoms with van der Waals surface area (Å²) >= 11 is 9.13. The third kappa shape index (κ3) is 3.96. The fourth-order valence-electron chi connectivity index (χ4n) is 1.28. The fraction of sp³-hybridized carbons (Fsp3) is 0.400. The second kappa shape index (κ2) is 5.38. The average molecular weight is 317 g/mol. The lowest BCUT2D eigenvalue weighted by atomic mass is 10.0. The van der Waals surface area contributed by atoms with Crippen molar-refractivity contribution < 1.29 is 13.2 Å². The molecule has 2 N–H and O–H groups in total. The molecule has 1 atom stereocenters. The van der Waals surface area contributed by atoms with Crippen LogP contribution in [0.1, 0.15) is 24.4 Å². The first-order valence-corrected chi connectivity index (χ1v) is 5.74. The molecule has 0 saturated heterocycles. The summed E-state index contributed by atoms with van der Waals surface area (Å²) in [6.45, 7) is 0. The van der Waals surface area contributed by atoms with Gasteiger partial charge in [-0.05, 0) is 34.0 Å². The van der Waals surface area contributed by atoms with Crippen molar-refractivity contribution in [2.75, 3.05) is 0 Å². The Morgan fingerprint density at radius 1 is 1.38 bits per heavy atom. The Kier molecular flexibility index (Phi) is 4.64. The molecule has 0 heterocycles. The molecule has 1 nitrogen and oxygen atoms in total. The Labute approximate surface area is 105 Å². The van der Waals surface area contributed by atoms with Gasteiger partial charge in [0.1, 0.15) is 0 Å². The van der Waals surface area contributed by atoms with Crippen molar-refractivity contribution in [3.05, 3.63) is 33.3 Å². The minimum absolute atomic E-state index is 0.167. The smallest absolute Gasteiger partial charge is 0.324 e. The Balaban J connectivity index is 2.73. The summed E-state index contributed by atoms with van der Waals surface area (Å²) in [5.74, 6) is 0. The van der Waals surface area contributed by atoms with E-state index >= 15 is 0 Å². The summed E-state index contributed by atoms with van der Waals surface area (Å²) < 4.78 is 36.7. The number of benzene rings is 1. The summed E-state index contributed by atoms with van der Waals surface area (Å²) in [4.78, 5) is 0. The molecule has 0 aliphatic heterocycles. The summed E-state index contributed by atoms with van der Waals surface area (Å²) in [6, 6.07) is 4.33. The molecule has 16 heavy (non-hydrogen) atoms. The van der Waals surface area contributed by atoms with Gasteiger partial charge in [-0.1, -0.05) is 23.7 Å². The molecular formula is C10H10BrClF3N. The molecule has 0 aliphatic carbocycles. The predicted octanol–water partition coefficient (Wildman–Crippen LogP) is 4.44.